The van der Waals surface area contributed by atoms with Crippen molar-refractivity contribution in [1.82, 2.24) is 4.57 Å². The summed E-state index contributed by atoms with van der Waals surface area (Å²) in [6, 6.07) is 19.8. The van der Waals surface area contributed by atoms with Crippen LogP contribution in [0.2, 0.25) is 0 Å². The topological polar surface area (TPSA) is 70.7 Å². The molecule has 0 bridgehead atoms. The van der Waals surface area contributed by atoms with Crippen LogP contribution in [-0.2, 0) is 17.9 Å². The van der Waals surface area contributed by atoms with Gasteiger partial charge in [0.05, 0.1) is 13.7 Å². The second-order valence-electron chi connectivity index (χ2n) is 6.56. The fourth-order valence-corrected chi connectivity index (χ4v) is 3.04. The van der Waals surface area contributed by atoms with Crippen LogP contribution < -0.4 is 10.3 Å². The van der Waals surface area contributed by atoms with Crippen LogP contribution in [0.5, 0.6) is 5.75 Å². The third-order valence-corrected chi connectivity index (χ3v) is 4.57. The normalized spacial score (nSPS) is 10.8. The van der Waals surface area contributed by atoms with Gasteiger partial charge in [-0.15, -0.1) is 0 Å². The van der Waals surface area contributed by atoms with Crippen molar-refractivity contribution >= 4 is 16.7 Å². The maximum absolute atomic E-state index is 12.3. The van der Waals surface area contributed by atoms with E-state index in [0.717, 1.165) is 22.1 Å². The van der Waals surface area contributed by atoms with Gasteiger partial charge < -0.3 is 18.5 Å². The second kappa shape index (κ2) is 8.06. The molecule has 0 aliphatic rings. The lowest BCUT2D eigenvalue weighted by molar-refractivity contribution is 0.0434. The highest BCUT2D eigenvalue weighted by molar-refractivity contribution is 5.87. The third kappa shape index (κ3) is 4.21. The molecule has 2 aromatic heterocycles. The number of fused-ring (bicyclic) bond motifs is 1. The quantitative estimate of drug-likeness (QED) is 0.466. The van der Waals surface area contributed by atoms with Gasteiger partial charge in [0.2, 0.25) is 5.76 Å². The highest BCUT2D eigenvalue weighted by Gasteiger charge is 2.13. The Morgan fingerprint density at radius 2 is 1.83 bits per heavy atom. The van der Waals surface area contributed by atoms with Crippen LogP contribution in [0.1, 0.15) is 21.9 Å². The first-order valence-electron chi connectivity index (χ1n) is 9.10. The van der Waals surface area contributed by atoms with E-state index in [4.69, 9.17) is 13.9 Å². The summed E-state index contributed by atoms with van der Waals surface area (Å²) in [4.78, 5) is 24.1. The molecule has 0 spiro atoms. The molecule has 0 amide bonds. The summed E-state index contributed by atoms with van der Waals surface area (Å²) in [5.74, 6) is 0.856. The Kier molecular flexibility index (Phi) is 5.16. The van der Waals surface area contributed by atoms with Crippen LogP contribution in [-0.4, -0.2) is 17.6 Å². The number of benzene rings is 2. The van der Waals surface area contributed by atoms with Gasteiger partial charge in [0.15, 0.2) is 0 Å². The minimum absolute atomic E-state index is 0.106. The van der Waals surface area contributed by atoms with Gasteiger partial charge in [0.25, 0.3) is 5.56 Å². The van der Waals surface area contributed by atoms with Gasteiger partial charge in [-0.1, -0.05) is 24.3 Å². The van der Waals surface area contributed by atoms with Crippen LogP contribution >= 0.6 is 0 Å². The summed E-state index contributed by atoms with van der Waals surface area (Å²) in [5, 5.41) is 2.08. The first-order chi connectivity index (χ1) is 14.1. The number of rotatable bonds is 6. The lowest BCUT2D eigenvalue weighted by Crippen LogP contribution is -2.17. The molecule has 0 aliphatic heterocycles. The predicted octanol–water partition coefficient (Wildman–Crippen LogP) is 4.01. The molecule has 146 valence electrons. The zero-order valence-corrected chi connectivity index (χ0v) is 15.8. The molecule has 0 saturated heterocycles. The van der Waals surface area contributed by atoms with Crippen molar-refractivity contribution in [2.24, 2.45) is 0 Å². The van der Waals surface area contributed by atoms with Crippen molar-refractivity contribution in [1.29, 1.82) is 0 Å². The lowest BCUT2D eigenvalue weighted by atomic mass is 10.1. The molecule has 0 fully saturated rings. The van der Waals surface area contributed by atoms with E-state index in [9.17, 15) is 9.59 Å². The zero-order valence-electron chi connectivity index (χ0n) is 15.8. The monoisotopic (exact) mass is 389 g/mol. The number of methoxy groups -OCH3 is 1. The summed E-state index contributed by atoms with van der Waals surface area (Å²) in [5.41, 5.74) is 0.737. The molecule has 6 nitrogen and oxygen atoms in total. The number of ether oxygens (including phenoxy) is 2. The van der Waals surface area contributed by atoms with Gasteiger partial charge in [0, 0.05) is 12.3 Å². The molecule has 29 heavy (non-hydrogen) atoms. The number of nitrogens with zero attached hydrogens (tertiary/aromatic N) is 1. The van der Waals surface area contributed by atoms with Gasteiger partial charge in [-0.25, -0.2) is 4.79 Å². The van der Waals surface area contributed by atoms with Crippen molar-refractivity contribution in [3.8, 4) is 5.75 Å². The van der Waals surface area contributed by atoms with Crippen LogP contribution in [0.25, 0.3) is 10.8 Å². The Balaban J connectivity index is 1.41. The number of aromatic nitrogens is 1. The van der Waals surface area contributed by atoms with Gasteiger partial charge in [0.1, 0.15) is 18.1 Å². The summed E-state index contributed by atoms with van der Waals surface area (Å²) in [7, 11) is 1.63. The predicted molar refractivity (Wildman–Crippen MR) is 108 cm³/mol. The number of esters is 1. The Morgan fingerprint density at radius 3 is 2.66 bits per heavy atom. The highest BCUT2D eigenvalue weighted by atomic mass is 16.5. The smallest absolute Gasteiger partial charge is 0.374 e. The summed E-state index contributed by atoms with van der Waals surface area (Å²) in [6.45, 7) is 0.385. The fourth-order valence-electron chi connectivity index (χ4n) is 3.04. The van der Waals surface area contributed by atoms with Crippen LogP contribution in [0, 0.1) is 0 Å². The largest absolute Gasteiger partial charge is 0.497 e. The third-order valence-electron chi connectivity index (χ3n) is 4.57. The highest BCUT2D eigenvalue weighted by Crippen LogP contribution is 2.22. The molecule has 0 saturated carbocycles. The number of hydrogen-bond acceptors (Lipinski definition) is 5. The van der Waals surface area contributed by atoms with E-state index in [1.807, 2.05) is 36.4 Å². The number of furan rings is 1. The molecular formula is C23H19NO5. The molecule has 4 rings (SSSR count). The van der Waals surface area contributed by atoms with Gasteiger partial charge >= 0.3 is 5.97 Å². The van der Waals surface area contributed by atoms with Crippen LogP contribution in [0.3, 0.4) is 0 Å². The maximum atomic E-state index is 12.3. The van der Waals surface area contributed by atoms with E-state index in [2.05, 4.69) is 0 Å². The van der Waals surface area contributed by atoms with Crippen LogP contribution in [0.4, 0.5) is 0 Å². The molecule has 4 aromatic rings. The van der Waals surface area contributed by atoms with E-state index in [1.165, 1.54) is 10.6 Å². The first kappa shape index (κ1) is 18.6. The maximum Gasteiger partial charge on any atom is 0.374 e. The van der Waals surface area contributed by atoms with Crippen molar-refractivity contribution in [2.45, 2.75) is 13.2 Å². The standard InChI is InChI=1S/C23H19NO5/c1-27-19-8-7-17-12-16(5-6-18(17)13-19)15-28-23(26)21-10-9-20(29-21)14-24-11-3-2-4-22(24)25/h2-13H,14-15H2,1H3. The summed E-state index contributed by atoms with van der Waals surface area (Å²) in [6.07, 6.45) is 1.66. The van der Waals surface area contributed by atoms with Crippen molar-refractivity contribution in [2.75, 3.05) is 7.11 Å². The molecule has 0 unspecified atom stereocenters. The molecule has 6 heteroatoms. The number of pyridine rings is 1. The first-order valence-corrected chi connectivity index (χ1v) is 9.10. The van der Waals surface area contributed by atoms with E-state index < -0.39 is 5.97 Å². The summed E-state index contributed by atoms with van der Waals surface area (Å²) < 4.78 is 17.6. The summed E-state index contributed by atoms with van der Waals surface area (Å²) >= 11 is 0. The van der Waals surface area contributed by atoms with Gasteiger partial charge in [-0.05, 0) is 52.7 Å². The molecule has 2 aromatic carbocycles. The molecule has 2 heterocycles. The van der Waals surface area contributed by atoms with Crippen molar-refractivity contribution in [3.05, 3.63) is 100 Å². The minimum atomic E-state index is -0.550. The van der Waals surface area contributed by atoms with E-state index in [1.54, 1.807) is 37.6 Å². The average Bonchev–Trinajstić information content (AvgIpc) is 3.22. The van der Waals surface area contributed by atoms with E-state index >= 15 is 0 Å². The Labute approximate surface area is 166 Å². The Bertz CT molecular complexity index is 1220. The average molecular weight is 389 g/mol. The van der Waals surface area contributed by atoms with Gasteiger partial charge in [-0.2, -0.15) is 0 Å². The molecule has 0 N–H and O–H groups in total. The van der Waals surface area contributed by atoms with Crippen molar-refractivity contribution in [3.63, 3.8) is 0 Å². The lowest BCUT2D eigenvalue weighted by Gasteiger charge is -2.06. The molecule has 0 radical (unpaired) electrons. The number of carbonyl (C=O) groups is 1. The zero-order chi connectivity index (χ0) is 20.2. The Hall–Kier alpha value is -3.80. The fraction of sp³-hybridized carbons (Fsp3) is 0.130. The van der Waals surface area contributed by atoms with E-state index in [-0.39, 0.29) is 24.5 Å². The second-order valence-corrected chi connectivity index (χ2v) is 6.56. The van der Waals surface area contributed by atoms with Gasteiger partial charge in [-0.3, -0.25) is 4.79 Å². The molecule has 0 atom stereocenters. The molecule has 0 aliphatic carbocycles. The Morgan fingerprint density at radius 1 is 1.00 bits per heavy atom. The van der Waals surface area contributed by atoms with Crippen molar-refractivity contribution < 1.29 is 18.7 Å². The van der Waals surface area contributed by atoms with E-state index in [0.29, 0.717) is 5.76 Å². The van der Waals surface area contributed by atoms with Crippen LogP contribution in [0.15, 0.2) is 82.1 Å². The SMILES string of the molecule is COc1ccc2cc(COC(=O)c3ccc(Cn4ccccc4=O)o3)ccc2c1. The number of hydrogen-bond donors (Lipinski definition) is 0. The number of carbonyl (C=O) groups excluding carboxylic acids is 1. The molecular weight excluding hydrogens is 370 g/mol. The minimum Gasteiger partial charge on any atom is -0.497 e.